The highest BCUT2D eigenvalue weighted by molar-refractivity contribution is 9.10. The summed E-state index contributed by atoms with van der Waals surface area (Å²) in [7, 11) is 0. The van der Waals surface area contributed by atoms with Crippen molar-refractivity contribution >= 4 is 39.7 Å². The lowest BCUT2D eigenvalue weighted by atomic mass is 10.2. The van der Waals surface area contributed by atoms with Crippen LogP contribution >= 0.6 is 15.9 Å². The smallest absolute Gasteiger partial charge is 0.343 e. The number of benzene rings is 3. The number of carbonyl (C=O) groups excluding carboxylic acids is 2. The van der Waals surface area contributed by atoms with Gasteiger partial charge >= 0.3 is 5.97 Å². The molecule has 0 spiro atoms. The Morgan fingerprint density at radius 1 is 1.09 bits per heavy atom. The van der Waals surface area contributed by atoms with Gasteiger partial charge in [0.25, 0.3) is 11.6 Å². The molecule has 3 aromatic rings. The van der Waals surface area contributed by atoms with E-state index in [0.717, 1.165) is 6.07 Å². The van der Waals surface area contributed by atoms with Crippen LogP contribution in [-0.4, -0.2) is 29.6 Å². The molecule has 0 aromatic heterocycles. The fourth-order valence-electron chi connectivity index (χ4n) is 2.71. The third kappa shape index (κ3) is 6.47. The van der Waals surface area contributed by atoms with Crippen LogP contribution in [0, 0.1) is 10.1 Å². The largest absolute Gasteiger partial charge is 0.494 e. The second-order valence-electron chi connectivity index (χ2n) is 6.54. The van der Waals surface area contributed by atoms with E-state index in [2.05, 4.69) is 26.5 Å². The van der Waals surface area contributed by atoms with Crippen molar-refractivity contribution in [1.82, 2.24) is 5.43 Å². The van der Waals surface area contributed by atoms with Gasteiger partial charge in [0.1, 0.15) is 11.5 Å². The average molecular weight is 512 g/mol. The van der Waals surface area contributed by atoms with E-state index >= 15 is 0 Å². The highest BCUT2D eigenvalue weighted by atomic mass is 79.9. The number of ether oxygens (including phenoxy) is 2. The molecular weight excluding hydrogens is 494 g/mol. The molecule has 0 unspecified atom stereocenters. The third-order valence-electron chi connectivity index (χ3n) is 4.26. The van der Waals surface area contributed by atoms with E-state index in [9.17, 15) is 19.7 Å². The predicted octanol–water partition coefficient (Wildman–Crippen LogP) is 4.74. The molecule has 10 heteroatoms. The first-order chi connectivity index (χ1) is 15.9. The number of nitrogens with zero attached hydrogens (tertiary/aromatic N) is 2. The van der Waals surface area contributed by atoms with Crippen LogP contribution in [0.25, 0.3) is 0 Å². The van der Waals surface area contributed by atoms with Crippen molar-refractivity contribution in [3.05, 3.63) is 98.0 Å². The van der Waals surface area contributed by atoms with Gasteiger partial charge in [-0.05, 0) is 55.5 Å². The predicted molar refractivity (Wildman–Crippen MR) is 125 cm³/mol. The molecule has 0 aliphatic heterocycles. The van der Waals surface area contributed by atoms with E-state index < -0.39 is 16.8 Å². The number of hydrazone groups is 1. The van der Waals surface area contributed by atoms with Crippen LogP contribution in [0.1, 0.15) is 33.2 Å². The molecule has 0 bridgehead atoms. The quantitative estimate of drug-likeness (QED) is 0.153. The fraction of sp³-hybridized carbons (Fsp3) is 0.0870. The Bertz CT molecular complexity index is 1210. The topological polar surface area (TPSA) is 120 Å². The Kier molecular flexibility index (Phi) is 7.87. The van der Waals surface area contributed by atoms with E-state index in [-0.39, 0.29) is 17.0 Å². The summed E-state index contributed by atoms with van der Waals surface area (Å²) in [5.41, 5.74) is 2.93. The van der Waals surface area contributed by atoms with Gasteiger partial charge in [0.2, 0.25) is 0 Å². The van der Waals surface area contributed by atoms with Gasteiger partial charge in [-0.25, -0.2) is 10.2 Å². The third-order valence-corrected chi connectivity index (χ3v) is 4.76. The van der Waals surface area contributed by atoms with Crippen LogP contribution in [0.5, 0.6) is 11.5 Å². The Morgan fingerprint density at radius 2 is 1.85 bits per heavy atom. The molecule has 3 aromatic carbocycles. The molecule has 3 rings (SSSR count). The fourth-order valence-corrected chi connectivity index (χ4v) is 3.09. The summed E-state index contributed by atoms with van der Waals surface area (Å²) in [6, 6.07) is 16.7. The standard InChI is InChI=1S/C23H18BrN3O6/c1-2-32-20-9-6-15(7-10-20)23(29)33-21-11-8-18(24)12-17(21)14-25-26-22(28)16-4-3-5-19(13-16)27(30)31/h3-14H,2H2,1H3,(H,26,28)/b25-14+. The van der Waals surface area contributed by atoms with Gasteiger partial charge in [0.15, 0.2) is 0 Å². The maximum atomic E-state index is 12.5. The van der Waals surface area contributed by atoms with Gasteiger partial charge in [-0.15, -0.1) is 0 Å². The number of nitrogens with one attached hydrogen (secondary N) is 1. The van der Waals surface area contributed by atoms with Gasteiger partial charge in [-0.1, -0.05) is 22.0 Å². The van der Waals surface area contributed by atoms with Crippen molar-refractivity contribution in [2.45, 2.75) is 6.92 Å². The van der Waals surface area contributed by atoms with Crippen LogP contribution in [0.2, 0.25) is 0 Å². The minimum absolute atomic E-state index is 0.0812. The number of esters is 1. The Hall–Kier alpha value is -4.05. The molecule has 0 fully saturated rings. The van der Waals surface area contributed by atoms with Crippen LogP contribution in [0.3, 0.4) is 0 Å². The Morgan fingerprint density at radius 3 is 2.55 bits per heavy atom. The normalized spacial score (nSPS) is 10.6. The highest BCUT2D eigenvalue weighted by Gasteiger charge is 2.13. The summed E-state index contributed by atoms with van der Waals surface area (Å²) in [6.07, 6.45) is 1.31. The first-order valence-corrected chi connectivity index (χ1v) is 10.5. The molecule has 0 aliphatic rings. The molecule has 0 radical (unpaired) electrons. The van der Waals surface area contributed by atoms with Crippen LogP contribution < -0.4 is 14.9 Å². The van der Waals surface area contributed by atoms with Crippen molar-refractivity contribution < 1.29 is 24.0 Å². The molecular formula is C23H18BrN3O6. The molecule has 1 amide bonds. The Balaban J connectivity index is 1.72. The summed E-state index contributed by atoms with van der Waals surface area (Å²) < 4.78 is 11.6. The summed E-state index contributed by atoms with van der Waals surface area (Å²) in [4.78, 5) is 35.1. The molecule has 0 aliphatic carbocycles. The second-order valence-corrected chi connectivity index (χ2v) is 7.45. The maximum absolute atomic E-state index is 12.5. The molecule has 0 saturated carbocycles. The lowest BCUT2D eigenvalue weighted by Gasteiger charge is -2.09. The van der Waals surface area contributed by atoms with E-state index in [1.54, 1.807) is 42.5 Å². The van der Waals surface area contributed by atoms with Crippen molar-refractivity contribution in [1.29, 1.82) is 0 Å². The number of amides is 1. The number of nitro groups is 1. The first-order valence-electron chi connectivity index (χ1n) is 9.70. The van der Waals surface area contributed by atoms with Crippen molar-refractivity contribution in [3.8, 4) is 11.5 Å². The molecule has 0 atom stereocenters. The summed E-state index contributed by atoms with van der Waals surface area (Å²) in [5, 5.41) is 14.8. The first kappa shape index (κ1) is 23.6. The molecule has 0 heterocycles. The highest BCUT2D eigenvalue weighted by Crippen LogP contribution is 2.23. The van der Waals surface area contributed by atoms with Crippen molar-refractivity contribution in [3.63, 3.8) is 0 Å². The zero-order chi connectivity index (χ0) is 23.8. The summed E-state index contributed by atoms with van der Waals surface area (Å²) in [6.45, 7) is 2.38. The van der Waals surface area contributed by atoms with Gasteiger partial charge < -0.3 is 9.47 Å². The van der Waals surface area contributed by atoms with Crippen LogP contribution in [0.15, 0.2) is 76.3 Å². The number of rotatable bonds is 8. The maximum Gasteiger partial charge on any atom is 0.343 e. The number of hydrogen-bond acceptors (Lipinski definition) is 7. The molecule has 9 nitrogen and oxygen atoms in total. The molecule has 1 N–H and O–H groups in total. The summed E-state index contributed by atoms with van der Waals surface area (Å²) >= 11 is 3.34. The summed E-state index contributed by atoms with van der Waals surface area (Å²) in [5.74, 6) is -0.330. The van der Waals surface area contributed by atoms with Gasteiger partial charge in [-0.3, -0.25) is 14.9 Å². The number of hydrogen-bond donors (Lipinski definition) is 1. The zero-order valence-corrected chi connectivity index (χ0v) is 18.9. The van der Waals surface area contributed by atoms with E-state index in [4.69, 9.17) is 9.47 Å². The number of carbonyl (C=O) groups is 2. The zero-order valence-electron chi connectivity index (χ0n) is 17.4. The second kappa shape index (κ2) is 11.0. The van der Waals surface area contributed by atoms with Gasteiger partial charge in [-0.2, -0.15) is 5.10 Å². The number of non-ortho nitro benzene ring substituents is 1. The monoisotopic (exact) mass is 511 g/mol. The average Bonchev–Trinajstić information content (AvgIpc) is 2.81. The minimum Gasteiger partial charge on any atom is -0.494 e. The minimum atomic E-state index is -0.627. The van der Waals surface area contributed by atoms with E-state index in [1.165, 1.54) is 24.4 Å². The molecule has 33 heavy (non-hydrogen) atoms. The SMILES string of the molecule is CCOc1ccc(C(=O)Oc2ccc(Br)cc2/C=N/NC(=O)c2cccc([N+](=O)[O-])c2)cc1. The molecule has 0 saturated heterocycles. The molecule has 168 valence electrons. The van der Waals surface area contributed by atoms with Gasteiger partial charge in [0.05, 0.1) is 23.3 Å². The van der Waals surface area contributed by atoms with E-state index in [0.29, 0.717) is 28.0 Å². The lowest BCUT2D eigenvalue weighted by Crippen LogP contribution is -2.18. The van der Waals surface area contributed by atoms with Crippen molar-refractivity contribution in [2.75, 3.05) is 6.61 Å². The number of halogens is 1. The van der Waals surface area contributed by atoms with Gasteiger partial charge in [0, 0.05) is 27.7 Å². The number of nitro benzene ring substituents is 1. The van der Waals surface area contributed by atoms with Crippen molar-refractivity contribution in [2.24, 2.45) is 5.10 Å². The van der Waals surface area contributed by atoms with E-state index in [1.807, 2.05) is 6.92 Å². The lowest BCUT2D eigenvalue weighted by molar-refractivity contribution is -0.384. The van der Waals surface area contributed by atoms with Crippen LogP contribution in [0.4, 0.5) is 5.69 Å². The van der Waals surface area contributed by atoms with Crippen LogP contribution in [-0.2, 0) is 0 Å². The Labute approximate surface area is 197 Å².